The van der Waals surface area contributed by atoms with E-state index in [1.165, 1.54) is 18.2 Å². The number of aryl methyl sites for hydroxylation is 1. The molecule has 0 spiro atoms. The average molecular weight is 318 g/mol. The van der Waals surface area contributed by atoms with Crippen molar-refractivity contribution >= 4 is 28.9 Å². The maximum atomic E-state index is 13.6. The van der Waals surface area contributed by atoms with Gasteiger partial charge in [-0.2, -0.15) is 5.26 Å². The van der Waals surface area contributed by atoms with Crippen LogP contribution in [0.2, 0.25) is 5.02 Å². The van der Waals surface area contributed by atoms with E-state index in [-0.39, 0.29) is 23.2 Å². The Hall–Kier alpha value is -2.58. The summed E-state index contributed by atoms with van der Waals surface area (Å²) in [6.07, 6.45) is 0. The number of nitriles is 1. The lowest BCUT2D eigenvalue weighted by Gasteiger charge is -2.09. The summed E-state index contributed by atoms with van der Waals surface area (Å²) in [6, 6.07) is 11.2. The van der Waals surface area contributed by atoms with Crippen LogP contribution in [0.25, 0.3) is 0 Å². The van der Waals surface area contributed by atoms with Crippen LogP contribution in [0.4, 0.5) is 15.8 Å². The van der Waals surface area contributed by atoms with E-state index < -0.39 is 5.82 Å². The quantitative estimate of drug-likeness (QED) is 0.903. The van der Waals surface area contributed by atoms with Crippen molar-refractivity contribution in [2.24, 2.45) is 0 Å². The summed E-state index contributed by atoms with van der Waals surface area (Å²) < 4.78 is 13.6. The molecule has 0 aliphatic rings. The molecule has 2 rings (SSSR count). The van der Waals surface area contributed by atoms with Crippen LogP contribution < -0.4 is 10.6 Å². The van der Waals surface area contributed by atoms with E-state index in [2.05, 4.69) is 10.6 Å². The van der Waals surface area contributed by atoms with E-state index >= 15 is 0 Å². The SMILES string of the molecule is Cc1ccc(NCC(=O)Nc2ccc(C#N)c(Cl)c2)c(F)c1. The largest absolute Gasteiger partial charge is 0.374 e. The molecule has 0 aliphatic carbocycles. The van der Waals surface area contributed by atoms with Crippen LogP contribution in [0, 0.1) is 24.1 Å². The molecule has 6 heteroatoms. The number of carbonyl (C=O) groups is 1. The van der Waals surface area contributed by atoms with Gasteiger partial charge in [0.2, 0.25) is 5.91 Å². The van der Waals surface area contributed by atoms with Gasteiger partial charge in [0.1, 0.15) is 11.9 Å². The first-order chi connectivity index (χ1) is 10.5. The van der Waals surface area contributed by atoms with Crippen LogP contribution in [-0.2, 0) is 4.79 Å². The van der Waals surface area contributed by atoms with E-state index in [1.54, 1.807) is 25.1 Å². The van der Waals surface area contributed by atoms with Crippen molar-refractivity contribution in [2.45, 2.75) is 6.92 Å². The second kappa shape index (κ2) is 6.92. The molecular weight excluding hydrogens is 305 g/mol. The van der Waals surface area contributed by atoms with Gasteiger partial charge in [0, 0.05) is 5.69 Å². The third-order valence-corrected chi connectivity index (χ3v) is 3.25. The first-order valence-corrected chi connectivity index (χ1v) is 6.87. The molecule has 0 heterocycles. The Kier molecular flexibility index (Phi) is 4.97. The molecule has 0 bridgehead atoms. The van der Waals surface area contributed by atoms with E-state index in [4.69, 9.17) is 16.9 Å². The van der Waals surface area contributed by atoms with Gasteiger partial charge in [0.25, 0.3) is 0 Å². The monoisotopic (exact) mass is 317 g/mol. The Morgan fingerprint density at radius 1 is 1.32 bits per heavy atom. The predicted octanol–water partition coefficient (Wildman–Crippen LogP) is 3.71. The zero-order valence-electron chi connectivity index (χ0n) is 11.8. The maximum Gasteiger partial charge on any atom is 0.243 e. The first-order valence-electron chi connectivity index (χ1n) is 6.49. The average Bonchev–Trinajstić information content (AvgIpc) is 2.46. The van der Waals surface area contributed by atoms with Gasteiger partial charge in [-0.15, -0.1) is 0 Å². The highest BCUT2D eigenvalue weighted by molar-refractivity contribution is 6.32. The number of nitrogens with one attached hydrogen (secondary N) is 2. The minimum absolute atomic E-state index is 0.0857. The molecule has 0 fully saturated rings. The number of nitrogens with zero attached hydrogens (tertiary/aromatic N) is 1. The van der Waals surface area contributed by atoms with Crippen molar-refractivity contribution in [1.29, 1.82) is 5.26 Å². The van der Waals surface area contributed by atoms with Gasteiger partial charge in [-0.1, -0.05) is 17.7 Å². The first kappa shape index (κ1) is 15.8. The number of anilines is 2. The van der Waals surface area contributed by atoms with E-state index in [0.717, 1.165) is 5.56 Å². The number of carbonyl (C=O) groups excluding carboxylic acids is 1. The molecule has 0 unspecified atom stereocenters. The minimum Gasteiger partial charge on any atom is -0.374 e. The van der Waals surface area contributed by atoms with Crippen molar-refractivity contribution in [2.75, 3.05) is 17.2 Å². The molecular formula is C16H13ClFN3O. The van der Waals surface area contributed by atoms with Crippen molar-refractivity contribution < 1.29 is 9.18 Å². The van der Waals surface area contributed by atoms with E-state index in [1.807, 2.05) is 6.07 Å². The molecule has 2 aromatic carbocycles. The standard InChI is InChI=1S/C16H13ClFN3O/c1-10-2-5-15(14(18)6-10)20-9-16(22)21-12-4-3-11(8-19)13(17)7-12/h2-7,20H,9H2,1H3,(H,21,22). The Bertz CT molecular complexity index is 756. The van der Waals surface area contributed by atoms with Gasteiger partial charge in [-0.05, 0) is 42.8 Å². The molecule has 22 heavy (non-hydrogen) atoms. The molecule has 0 saturated carbocycles. The number of rotatable bonds is 4. The van der Waals surface area contributed by atoms with Gasteiger partial charge in [0.15, 0.2) is 0 Å². The van der Waals surface area contributed by atoms with Crippen LogP contribution in [0.1, 0.15) is 11.1 Å². The zero-order valence-corrected chi connectivity index (χ0v) is 12.5. The molecule has 2 aromatic rings. The van der Waals surface area contributed by atoms with E-state index in [9.17, 15) is 9.18 Å². The number of hydrogen-bond acceptors (Lipinski definition) is 3. The van der Waals surface area contributed by atoms with Gasteiger partial charge in [0.05, 0.1) is 22.8 Å². The van der Waals surface area contributed by atoms with Crippen molar-refractivity contribution in [1.82, 2.24) is 0 Å². The molecule has 0 radical (unpaired) electrons. The molecule has 4 nitrogen and oxygen atoms in total. The Balaban J connectivity index is 1.96. The summed E-state index contributed by atoms with van der Waals surface area (Å²) in [5.74, 6) is -0.755. The summed E-state index contributed by atoms with van der Waals surface area (Å²) in [5, 5.41) is 14.4. The normalized spacial score (nSPS) is 9.91. The molecule has 0 saturated heterocycles. The van der Waals surface area contributed by atoms with Crippen LogP contribution in [-0.4, -0.2) is 12.5 Å². The lowest BCUT2D eigenvalue weighted by Crippen LogP contribution is -2.22. The molecule has 1 amide bonds. The Labute approximate surface area is 132 Å². The highest BCUT2D eigenvalue weighted by Crippen LogP contribution is 2.20. The molecule has 0 aliphatic heterocycles. The summed E-state index contributed by atoms with van der Waals surface area (Å²) >= 11 is 5.88. The van der Waals surface area contributed by atoms with Gasteiger partial charge in [-0.25, -0.2) is 4.39 Å². The highest BCUT2D eigenvalue weighted by Gasteiger charge is 2.07. The molecule has 2 N–H and O–H groups in total. The predicted molar refractivity (Wildman–Crippen MR) is 84.4 cm³/mol. The Morgan fingerprint density at radius 3 is 2.73 bits per heavy atom. The fourth-order valence-electron chi connectivity index (χ4n) is 1.83. The number of halogens is 2. The number of hydrogen-bond donors (Lipinski definition) is 2. The summed E-state index contributed by atoms with van der Waals surface area (Å²) in [5.41, 5.74) is 1.87. The maximum absolute atomic E-state index is 13.6. The van der Waals surface area contributed by atoms with Gasteiger partial charge in [-0.3, -0.25) is 4.79 Å². The lowest BCUT2D eigenvalue weighted by molar-refractivity contribution is -0.114. The fraction of sp³-hybridized carbons (Fsp3) is 0.125. The third kappa shape index (κ3) is 3.96. The summed E-state index contributed by atoms with van der Waals surface area (Å²) in [6.45, 7) is 1.70. The fourth-order valence-corrected chi connectivity index (χ4v) is 2.05. The van der Waals surface area contributed by atoms with E-state index in [0.29, 0.717) is 11.3 Å². The number of amides is 1. The van der Waals surface area contributed by atoms with Crippen LogP contribution in [0.15, 0.2) is 36.4 Å². The second-order valence-corrected chi connectivity index (χ2v) is 5.10. The minimum atomic E-state index is -0.408. The summed E-state index contributed by atoms with van der Waals surface area (Å²) in [7, 11) is 0. The van der Waals surface area contributed by atoms with Gasteiger partial charge >= 0.3 is 0 Å². The smallest absolute Gasteiger partial charge is 0.243 e. The van der Waals surface area contributed by atoms with Crippen LogP contribution in [0.5, 0.6) is 0 Å². The van der Waals surface area contributed by atoms with Crippen molar-refractivity contribution in [3.63, 3.8) is 0 Å². The molecule has 0 atom stereocenters. The van der Waals surface area contributed by atoms with Crippen LogP contribution >= 0.6 is 11.6 Å². The molecule has 112 valence electrons. The van der Waals surface area contributed by atoms with Gasteiger partial charge < -0.3 is 10.6 Å². The molecule has 0 aromatic heterocycles. The highest BCUT2D eigenvalue weighted by atomic mass is 35.5. The third-order valence-electron chi connectivity index (χ3n) is 2.94. The van der Waals surface area contributed by atoms with Crippen LogP contribution in [0.3, 0.4) is 0 Å². The topological polar surface area (TPSA) is 64.9 Å². The lowest BCUT2D eigenvalue weighted by atomic mass is 10.2. The zero-order chi connectivity index (χ0) is 16.1. The Morgan fingerprint density at radius 2 is 2.09 bits per heavy atom. The van der Waals surface area contributed by atoms with Crippen molar-refractivity contribution in [3.05, 3.63) is 58.4 Å². The number of benzene rings is 2. The summed E-state index contributed by atoms with van der Waals surface area (Å²) in [4.78, 5) is 11.8. The second-order valence-electron chi connectivity index (χ2n) is 4.69. The van der Waals surface area contributed by atoms with Crippen molar-refractivity contribution in [3.8, 4) is 6.07 Å².